The molecule has 0 radical (unpaired) electrons. The topological polar surface area (TPSA) is 75.4 Å². The quantitative estimate of drug-likeness (QED) is 0.724. The molecule has 1 aliphatic rings. The zero-order valence-corrected chi connectivity index (χ0v) is 16.7. The van der Waals surface area contributed by atoms with E-state index >= 15 is 0 Å². The predicted molar refractivity (Wildman–Crippen MR) is 110 cm³/mol. The van der Waals surface area contributed by atoms with Crippen molar-refractivity contribution in [2.45, 2.75) is 32.6 Å². The molecule has 28 heavy (non-hydrogen) atoms. The molecule has 1 saturated heterocycles. The van der Waals surface area contributed by atoms with E-state index in [2.05, 4.69) is 34.3 Å². The van der Waals surface area contributed by atoms with Crippen LogP contribution in [-0.4, -0.2) is 38.8 Å². The van der Waals surface area contributed by atoms with Gasteiger partial charge in [-0.25, -0.2) is 0 Å². The molecule has 0 bridgehead atoms. The largest absolute Gasteiger partial charge is 0.354 e. The van der Waals surface area contributed by atoms with Gasteiger partial charge in [0.2, 0.25) is 5.91 Å². The molecule has 3 heterocycles. The van der Waals surface area contributed by atoms with Crippen LogP contribution in [-0.2, 0) is 4.79 Å². The van der Waals surface area contributed by atoms with Crippen molar-refractivity contribution >= 4 is 34.7 Å². The number of rotatable bonds is 4. The highest BCUT2D eigenvalue weighted by atomic mass is 35.5. The first-order valence-electron chi connectivity index (χ1n) is 9.55. The number of anilines is 2. The Hall–Kier alpha value is -2.67. The summed E-state index contributed by atoms with van der Waals surface area (Å²) in [4.78, 5) is 14.9. The zero-order chi connectivity index (χ0) is 19.7. The summed E-state index contributed by atoms with van der Waals surface area (Å²) in [6.07, 6.45) is 1.81. The van der Waals surface area contributed by atoms with Gasteiger partial charge in [0.05, 0.1) is 5.92 Å². The molecule has 2 aromatic heterocycles. The van der Waals surface area contributed by atoms with Gasteiger partial charge in [0, 0.05) is 29.7 Å². The van der Waals surface area contributed by atoms with Crippen molar-refractivity contribution in [3.05, 3.63) is 47.2 Å². The molecule has 7 nitrogen and oxygen atoms in total. The van der Waals surface area contributed by atoms with E-state index < -0.39 is 0 Å². The SMILES string of the molecule is CC(C)c1nnc2ccc(N3CCCC(C(=O)Nc4ccc(Cl)cc4)C3)nn12. The van der Waals surface area contributed by atoms with Crippen LogP contribution >= 0.6 is 11.6 Å². The maximum absolute atomic E-state index is 12.7. The van der Waals surface area contributed by atoms with Crippen LogP contribution in [0.4, 0.5) is 11.5 Å². The lowest BCUT2D eigenvalue weighted by atomic mass is 9.97. The lowest BCUT2D eigenvalue weighted by Crippen LogP contribution is -2.41. The fourth-order valence-electron chi connectivity index (χ4n) is 3.50. The minimum Gasteiger partial charge on any atom is -0.354 e. The molecular formula is C20H23ClN6O. The van der Waals surface area contributed by atoms with E-state index in [9.17, 15) is 4.79 Å². The first-order chi connectivity index (χ1) is 13.5. The molecule has 3 aromatic rings. The first kappa shape index (κ1) is 18.7. The Morgan fingerprint density at radius 1 is 1.18 bits per heavy atom. The standard InChI is InChI=1S/C20H23ClN6O/c1-13(2)19-24-23-17-9-10-18(25-27(17)19)26-11-3-4-14(12-26)20(28)22-16-7-5-15(21)6-8-16/h5-10,13-14H,3-4,11-12H2,1-2H3,(H,22,28). The highest BCUT2D eigenvalue weighted by molar-refractivity contribution is 6.30. The van der Waals surface area contributed by atoms with E-state index in [1.165, 1.54) is 0 Å². The Bertz CT molecular complexity index is 984. The van der Waals surface area contributed by atoms with Crippen LogP contribution in [0.3, 0.4) is 0 Å². The van der Waals surface area contributed by atoms with Crippen LogP contribution in [0.1, 0.15) is 38.4 Å². The number of hydrogen-bond acceptors (Lipinski definition) is 5. The first-order valence-corrected chi connectivity index (χ1v) is 9.93. The highest BCUT2D eigenvalue weighted by Crippen LogP contribution is 2.24. The van der Waals surface area contributed by atoms with Crippen molar-refractivity contribution < 1.29 is 4.79 Å². The monoisotopic (exact) mass is 398 g/mol. The van der Waals surface area contributed by atoms with Crippen LogP contribution in [0.2, 0.25) is 5.02 Å². The lowest BCUT2D eigenvalue weighted by Gasteiger charge is -2.32. The minimum absolute atomic E-state index is 0.0280. The van der Waals surface area contributed by atoms with Crippen LogP contribution in [0.15, 0.2) is 36.4 Å². The summed E-state index contributed by atoms with van der Waals surface area (Å²) in [5.41, 5.74) is 1.50. The third-order valence-corrected chi connectivity index (χ3v) is 5.27. The zero-order valence-electron chi connectivity index (χ0n) is 16.0. The van der Waals surface area contributed by atoms with Gasteiger partial charge < -0.3 is 10.2 Å². The Balaban J connectivity index is 1.50. The van der Waals surface area contributed by atoms with Gasteiger partial charge in [-0.1, -0.05) is 25.4 Å². The normalized spacial score (nSPS) is 17.3. The molecule has 0 spiro atoms. The van der Waals surface area contributed by atoms with Crippen molar-refractivity contribution in [2.24, 2.45) is 5.92 Å². The third-order valence-electron chi connectivity index (χ3n) is 5.02. The molecule has 1 aliphatic heterocycles. The van der Waals surface area contributed by atoms with E-state index in [1.807, 2.05) is 24.3 Å². The van der Waals surface area contributed by atoms with E-state index in [-0.39, 0.29) is 17.7 Å². The number of carbonyl (C=O) groups is 1. The fourth-order valence-corrected chi connectivity index (χ4v) is 3.63. The molecule has 1 fully saturated rings. The number of hydrogen-bond donors (Lipinski definition) is 1. The molecule has 0 saturated carbocycles. The molecule has 1 N–H and O–H groups in total. The predicted octanol–water partition coefficient (Wildman–Crippen LogP) is 3.76. The molecule has 1 unspecified atom stereocenters. The summed E-state index contributed by atoms with van der Waals surface area (Å²) >= 11 is 5.91. The van der Waals surface area contributed by atoms with Crippen LogP contribution < -0.4 is 10.2 Å². The van der Waals surface area contributed by atoms with Gasteiger partial charge in [0.15, 0.2) is 11.5 Å². The number of amides is 1. The van der Waals surface area contributed by atoms with Gasteiger partial charge in [-0.05, 0) is 49.2 Å². The number of benzene rings is 1. The van der Waals surface area contributed by atoms with Crippen molar-refractivity contribution in [1.82, 2.24) is 19.8 Å². The van der Waals surface area contributed by atoms with Crippen LogP contribution in [0.25, 0.3) is 5.65 Å². The van der Waals surface area contributed by atoms with E-state index in [0.717, 1.165) is 42.4 Å². The third kappa shape index (κ3) is 3.80. The van der Waals surface area contributed by atoms with Gasteiger partial charge in [-0.15, -0.1) is 15.3 Å². The summed E-state index contributed by atoms with van der Waals surface area (Å²) in [7, 11) is 0. The molecule has 146 valence electrons. The summed E-state index contributed by atoms with van der Waals surface area (Å²) in [5.74, 6) is 1.86. The average molecular weight is 399 g/mol. The van der Waals surface area contributed by atoms with Crippen molar-refractivity contribution in [1.29, 1.82) is 0 Å². The molecule has 1 aromatic carbocycles. The number of fused-ring (bicyclic) bond motifs is 1. The second-order valence-electron chi connectivity index (χ2n) is 7.46. The number of nitrogens with zero attached hydrogens (tertiary/aromatic N) is 5. The molecular weight excluding hydrogens is 376 g/mol. The Morgan fingerprint density at radius 2 is 1.96 bits per heavy atom. The van der Waals surface area contributed by atoms with Gasteiger partial charge in [-0.2, -0.15) is 4.52 Å². The van der Waals surface area contributed by atoms with Gasteiger partial charge in [0.25, 0.3) is 0 Å². The van der Waals surface area contributed by atoms with E-state index in [0.29, 0.717) is 11.6 Å². The summed E-state index contributed by atoms with van der Waals surface area (Å²) < 4.78 is 1.80. The van der Waals surface area contributed by atoms with Crippen molar-refractivity contribution in [2.75, 3.05) is 23.3 Å². The summed E-state index contributed by atoms with van der Waals surface area (Å²) in [6.45, 7) is 5.66. The Labute approximate surface area is 168 Å². The van der Waals surface area contributed by atoms with Gasteiger partial charge in [0.1, 0.15) is 5.82 Å². The number of carbonyl (C=O) groups excluding carboxylic acids is 1. The maximum atomic E-state index is 12.7. The smallest absolute Gasteiger partial charge is 0.229 e. The Kier molecular flexibility index (Phi) is 5.17. The van der Waals surface area contributed by atoms with E-state index in [1.54, 1.807) is 16.6 Å². The number of nitrogens with one attached hydrogen (secondary N) is 1. The van der Waals surface area contributed by atoms with Crippen LogP contribution in [0.5, 0.6) is 0 Å². The fraction of sp³-hybridized carbons (Fsp3) is 0.400. The maximum Gasteiger partial charge on any atom is 0.229 e. The number of halogens is 1. The molecule has 0 aliphatic carbocycles. The van der Waals surface area contributed by atoms with Crippen LogP contribution in [0, 0.1) is 5.92 Å². The summed E-state index contributed by atoms with van der Waals surface area (Å²) in [6, 6.07) is 11.1. The second-order valence-corrected chi connectivity index (χ2v) is 7.89. The molecule has 1 atom stereocenters. The minimum atomic E-state index is -0.0904. The van der Waals surface area contributed by atoms with Gasteiger partial charge >= 0.3 is 0 Å². The lowest BCUT2D eigenvalue weighted by molar-refractivity contribution is -0.120. The second kappa shape index (κ2) is 7.75. The molecule has 4 rings (SSSR count). The van der Waals surface area contributed by atoms with Crippen molar-refractivity contribution in [3.8, 4) is 0 Å². The number of aromatic nitrogens is 4. The highest BCUT2D eigenvalue weighted by Gasteiger charge is 2.27. The Morgan fingerprint density at radius 3 is 2.71 bits per heavy atom. The summed E-state index contributed by atoms with van der Waals surface area (Å²) in [5, 5.41) is 16.8. The average Bonchev–Trinajstić information content (AvgIpc) is 3.13. The van der Waals surface area contributed by atoms with Crippen molar-refractivity contribution in [3.63, 3.8) is 0 Å². The van der Waals surface area contributed by atoms with Gasteiger partial charge in [-0.3, -0.25) is 4.79 Å². The molecule has 8 heteroatoms. The number of piperidine rings is 1. The van der Waals surface area contributed by atoms with E-state index in [4.69, 9.17) is 16.7 Å². The molecule has 1 amide bonds.